The Morgan fingerprint density at radius 3 is 2.68 bits per heavy atom. The molecule has 0 bridgehead atoms. The minimum absolute atomic E-state index is 0.147. The van der Waals surface area contributed by atoms with Crippen LogP contribution in [-0.4, -0.2) is 18.5 Å². The van der Waals surface area contributed by atoms with Gasteiger partial charge in [0, 0.05) is 18.4 Å². The Balaban J connectivity index is 2.17. The predicted molar refractivity (Wildman–Crippen MR) is 74.1 cm³/mol. The van der Waals surface area contributed by atoms with Gasteiger partial charge >= 0.3 is 6.03 Å². The second-order valence-electron chi connectivity index (χ2n) is 4.56. The maximum absolute atomic E-state index is 12.1. The summed E-state index contributed by atoms with van der Waals surface area (Å²) in [5.74, 6) is -0.147. The highest BCUT2D eigenvalue weighted by Crippen LogP contribution is 2.28. The Labute approximate surface area is 111 Å². The van der Waals surface area contributed by atoms with E-state index < -0.39 is 0 Å². The summed E-state index contributed by atoms with van der Waals surface area (Å²) in [6, 6.07) is 13.1. The predicted octanol–water partition coefficient (Wildman–Crippen LogP) is 2.68. The summed E-state index contributed by atoms with van der Waals surface area (Å²) < 4.78 is 0. The van der Waals surface area contributed by atoms with Crippen LogP contribution in [0.25, 0.3) is 10.8 Å². The number of imide groups is 1. The third-order valence-corrected chi connectivity index (χ3v) is 3.30. The molecule has 0 atom stereocenters. The molecule has 3 amide bonds. The Hall–Kier alpha value is -2.36. The maximum atomic E-state index is 12.1. The average Bonchev–Trinajstić information content (AvgIpc) is 2.60. The molecule has 1 aliphatic rings. The van der Waals surface area contributed by atoms with E-state index in [4.69, 9.17) is 0 Å². The molecule has 1 fully saturated rings. The van der Waals surface area contributed by atoms with E-state index in [1.54, 1.807) is 0 Å². The van der Waals surface area contributed by atoms with Crippen molar-refractivity contribution in [3.8, 4) is 0 Å². The first-order chi connectivity index (χ1) is 9.27. The number of urea groups is 1. The molecule has 0 spiro atoms. The van der Waals surface area contributed by atoms with Crippen molar-refractivity contribution in [1.82, 2.24) is 5.32 Å². The molecular weight excluding hydrogens is 240 g/mol. The lowest BCUT2D eigenvalue weighted by Gasteiger charge is -2.20. The zero-order valence-electron chi connectivity index (χ0n) is 10.4. The fourth-order valence-corrected chi connectivity index (χ4v) is 2.39. The molecule has 3 rings (SSSR count). The van der Waals surface area contributed by atoms with E-state index in [1.165, 1.54) is 4.90 Å². The number of carbonyl (C=O) groups is 2. The molecule has 0 aromatic heterocycles. The van der Waals surface area contributed by atoms with Gasteiger partial charge in [0.15, 0.2) is 0 Å². The molecule has 2 aromatic rings. The highest BCUT2D eigenvalue weighted by atomic mass is 16.2. The van der Waals surface area contributed by atoms with Crippen LogP contribution in [0.15, 0.2) is 42.5 Å². The van der Waals surface area contributed by atoms with E-state index in [0.29, 0.717) is 25.1 Å². The fraction of sp³-hybridized carbons (Fsp3) is 0.200. The third-order valence-electron chi connectivity index (χ3n) is 3.30. The van der Waals surface area contributed by atoms with Gasteiger partial charge in [0.2, 0.25) is 5.91 Å². The van der Waals surface area contributed by atoms with Crippen molar-refractivity contribution in [2.24, 2.45) is 0 Å². The smallest absolute Gasteiger partial charge is 0.328 e. The van der Waals surface area contributed by atoms with Gasteiger partial charge in [0.25, 0.3) is 0 Å². The number of rotatable bonds is 1. The van der Waals surface area contributed by atoms with E-state index in [1.807, 2.05) is 42.5 Å². The highest BCUT2D eigenvalue weighted by molar-refractivity contribution is 6.18. The molecule has 4 nitrogen and oxygen atoms in total. The van der Waals surface area contributed by atoms with Gasteiger partial charge in [-0.1, -0.05) is 36.4 Å². The molecule has 1 aliphatic heterocycles. The van der Waals surface area contributed by atoms with Crippen LogP contribution in [0.1, 0.15) is 12.8 Å². The monoisotopic (exact) mass is 254 g/mol. The largest absolute Gasteiger partial charge is 0.337 e. The first-order valence-electron chi connectivity index (χ1n) is 6.36. The van der Waals surface area contributed by atoms with Crippen molar-refractivity contribution in [3.05, 3.63) is 42.5 Å². The van der Waals surface area contributed by atoms with Crippen molar-refractivity contribution in [1.29, 1.82) is 0 Å². The van der Waals surface area contributed by atoms with E-state index >= 15 is 0 Å². The van der Waals surface area contributed by atoms with Crippen LogP contribution in [0.2, 0.25) is 0 Å². The Bertz CT molecular complexity index is 628. The van der Waals surface area contributed by atoms with Gasteiger partial charge in [-0.05, 0) is 17.9 Å². The van der Waals surface area contributed by atoms with Crippen molar-refractivity contribution in [2.45, 2.75) is 12.8 Å². The van der Waals surface area contributed by atoms with E-state index in [-0.39, 0.29) is 11.9 Å². The minimum Gasteiger partial charge on any atom is -0.337 e. The van der Waals surface area contributed by atoms with Crippen LogP contribution in [0.3, 0.4) is 0 Å². The molecular formula is C15H14N2O2. The summed E-state index contributed by atoms with van der Waals surface area (Å²) in [5, 5.41) is 4.69. The number of benzene rings is 2. The van der Waals surface area contributed by atoms with E-state index in [2.05, 4.69) is 5.32 Å². The summed E-state index contributed by atoms with van der Waals surface area (Å²) in [6.07, 6.45) is 1.08. The highest BCUT2D eigenvalue weighted by Gasteiger charge is 2.26. The lowest BCUT2D eigenvalue weighted by Crippen LogP contribution is -2.41. The van der Waals surface area contributed by atoms with Crippen molar-refractivity contribution >= 4 is 28.4 Å². The first-order valence-corrected chi connectivity index (χ1v) is 6.36. The maximum Gasteiger partial charge on any atom is 0.328 e. The normalized spacial score (nSPS) is 16.3. The lowest BCUT2D eigenvalue weighted by atomic mass is 10.1. The molecule has 1 heterocycles. The molecule has 0 saturated carbocycles. The number of carbonyl (C=O) groups excluding carboxylic acids is 2. The molecule has 0 unspecified atom stereocenters. The number of hydrogen-bond acceptors (Lipinski definition) is 2. The summed E-state index contributed by atoms with van der Waals surface area (Å²) in [6.45, 7) is 0.547. The second kappa shape index (κ2) is 4.72. The quantitative estimate of drug-likeness (QED) is 0.850. The number of nitrogens with one attached hydrogen (secondary N) is 1. The Morgan fingerprint density at radius 1 is 1.00 bits per heavy atom. The summed E-state index contributed by atoms with van der Waals surface area (Å²) in [5.41, 5.74) is 0.655. The average molecular weight is 254 g/mol. The van der Waals surface area contributed by atoms with Gasteiger partial charge in [-0.25, -0.2) is 9.69 Å². The second-order valence-corrected chi connectivity index (χ2v) is 4.56. The lowest BCUT2D eigenvalue weighted by molar-refractivity contribution is -0.117. The zero-order chi connectivity index (χ0) is 13.2. The topological polar surface area (TPSA) is 49.4 Å². The van der Waals surface area contributed by atoms with Crippen LogP contribution in [0.4, 0.5) is 10.5 Å². The van der Waals surface area contributed by atoms with Crippen LogP contribution in [-0.2, 0) is 4.79 Å². The molecule has 96 valence electrons. The van der Waals surface area contributed by atoms with Gasteiger partial charge < -0.3 is 5.32 Å². The fourth-order valence-electron chi connectivity index (χ4n) is 2.39. The molecule has 4 heteroatoms. The van der Waals surface area contributed by atoms with Gasteiger partial charge in [-0.2, -0.15) is 0 Å². The Morgan fingerprint density at radius 2 is 1.79 bits per heavy atom. The molecule has 0 aliphatic carbocycles. The number of hydrogen-bond donors (Lipinski definition) is 1. The zero-order valence-corrected chi connectivity index (χ0v) is 10.4. The molecule has 1 saturated heterocycles. The van der Waals surface area contributed by atoms with Gasteiger partial charge in [0.1, 0.15) is 0 Å². The Kier molecular flexibility index (Phi) is 2.91. The molecule has 19 heavy (non-hydrogen) atoms. The van der Waals surface area contributed by atoms with Crippen molar-refractivity contribution in [3.63, 3.8) is 0 Å². The summed E-state index contributed by atoms with van der Waals surface area (Å²) in [4.78, 5) is 25.5. The molecule has 1 N–H and O–H groups in total. The van der Waals surface area contributed by atoms with E-state index in [9.17, 15) is 9.59 Å². The molecule has 0 radical (unpaired) electrons. The molecule has 2 aromatic carbocycles. The van der Waals surface area contributed by atoms with Crippen molar-refractivity contribution < 1.29 is 9.59 Å². The number of fused-ring (bicyclic) bond motifs is 1. The van der Waals surface area contributed by atoms with Gasteiger partial charge in [-0.15, -0.1) is 0 Å². The third kappa shape index (κ3) is 2.05. The SMILES string of the molecule is O=C1CCCNC(=O)N1c1cccc2ccccc12. The number of nitrogens with zero attached hydrogens (tertiary/aromatic N) is 1. The standard InChI is InChI=1S/C15H14N2O2/c18-14-9-4-10-16-15(19)17(14)13-8-3-6-11-5-1-2-7-12(11)13/h1-3,5-8H,4,9-10H2,(H,16,19). The summed E-state index contributed by atoms with van der Waals surface area (Å²) in [7, 11) is 0. The summed E-state index contributed by atoms with van der Waals surface area (Å²) >= 11 is 0. The van der Waals surface area contributed by atoms with Crippen LogP contribution in [0.5, 0.6) is 0 Å². The van der Waals surface area contributed by atoms with Crippen molar-refractivity contribution in [2.75, 3.05) is 11.4 Å². The van der Waals surface area contributed by atoms with Crippen LogP contribution in [0, 0.1) is 0 Å². The number of amides is 3. The van der Waals surface area contributed by atoms with E-state index in [0.717, 1.165) is 10.8 Å². The van der Waals surface area contributed by atoms with Crippen LogP contribution < -0.4 is 10.2 Å². The van der Waals surface area contributed by atoms with Crippen LogP contribution >= 0.6 is 0 Å². The first kappa shape index (κ1) is 11.7. The van der Waals surface area contributed by atoms with Gasteiger partial charge in [0.05, 0.1) is 5.69 Å². The number of anilines is 1. The minimum atomic E-state index is -0.334. The van der Waals surface area contributed by atoms with Gasteiger partial charge in [-0.3, -0.25) is 4.79 Å².